The van der Waals surface area contributed by atoms with Crippen molar-refractivity contribution in [1.29, 1.82) is 0 Å². The number of piperidine rings is 1. The maximum atomic E-state index is 13.3. The number of nitrogen functional groups attached to an aromatic ring is 1. The summed E-state index contributed by atoms with van der Waals surface area (Å²) in [5.41, 5.74) is 8.30. The van der Waals surface area contributed by atoms with E-state index in [0.29, 0.717) is 11.5 Å². The number of hydrogen-bond acceptors (Lipinski definition) is 3. The monoisotopic (exact) mass is 278 g/mol. The number of nitrogens with zero attached hydrogens (tertiary/aromatic N) is 2. The van der Waals surface area contributed by atoms with Gasteiger partial charge in [-0.2, -0.15) is 5.10 Å². The van der Waals surface area contributed by atoms with Crippen molar-refractivity contribution in [2.45, 2.75) is 18.8 Å². The lowest BCUT2D eigenvalue weighted by molar-refractivity contribution is -0.0220. The highest BCUT2D eigenvalue weighted by molar-refractivity contribution is 5.82. The summed E-state index contributed by atoms with van der Waals surface area (Å²) in [6, 6.07) is 9.60. The van der Waals surface area contributed by atoms with E-state index in [1.165, 1.54) is 0 Å². The smallest absolute Gasteiger partial charge is 0.251 e. The fourth-order valence-electron chi connectivity index (χ4n) is 2.52. The average Bonchev–Trinajstić information content (AvgIpc) is 2.82. The fourth-order valence-corrected chi connectivity index (χ4v) is 2.52. The Morgan fingerprint density at radius 3 is 2.45 bits per heavy atom. The Morgan fingerprint density at radius 2 is 1.80 bits per heavy atom. The van der Waals surface area contributed by atoms with Crippen LogP contribution in [0.4, 0.5) is 20.3 Å². The van der Waals surface area contributed by atoms with Crippen LogP contribution in [0.25, 0.3) is 11.3 Å². The molecule has 0 radical (unpaired) electrons. The van der Waals surface area contributed by atoms with Crippen LogP contribution in [0.15, 0.2) is 30.3 Å². The molecule has 3 rings (SSSR count). The van der Waals surface area contributed by atoms with E-state index >= 15 is 0 Å². The molecular formula is C14H16F2N4. The lowest BCUT2D eigenvalue weighted by Gasteiger charge is -2.33. The normalized spacial score (nSPS) is 18.2. The topological polar surface area (TPSA) is 57.9 Å². The summed E-state index contributed by atoms with van der Waals surface area (Å²) in [5, 5.41) is 6.97. The van der Waals surface area contributed by atoms with Crippen LogP contribution in [-0.4, -0.2) is 29.2 Å². The van der Waals surface area contributed by atoms with Crippen LogP contribution in [0.3, 0.4) is 0 Å². The first-order valence-corrected chi connectivity index (χ1v) is 6.59. The van der Waals surface area contributed by atoms with E-state index in [9.17, 15) is 8.78 Å². The fraction of sp³-hybridized carbons (Fsp3) is 0.357. The molecule has 0 spiro atoms. The predicted molar refractivity (Wildman–Crippen MR) is 74.8 cm³/mol. The molecule has 0 unspecified atom stereocenters. The summed E-state index contributed by atoms with van der Waals surface area (Å²) in [7, 11) is 0. The molecule has 106 valence electrons. The first-order valence-electron chi connectivity index (χ1n) is 6.59. The summed E-state index contributed by atoms with van der Waals surface area (Å²) in [5.74, 6) is -2.14. The Balaban J connectivity index is 1.93. The van der Waals surface area contributed by atoms with E-state index in [1.807, 2.05) is 35.2 Å². The molecule has 1 fully saturated rings. The number of hydrogen-bond donors (Lipinski definition) is 2. The first-order chi connectivity index (χ1) is 9.57. The Labute approximate surface area is 115 Å². The van der Waals surface area contributed by atoms with E-state index in [-0.39, 0.29) is 25.9 Å². The second-order valence-electron chi connectivity index (χ2n) is 5.04. The van der Waals surface area contributed by atoms with Crippen molar-refractivity contribution >= 4 is 11.5 Å². The summed E-state index contributed by atoms with van der Waals surface area (Å²) in [6.45, 7) is 0.577. The number of nitrogens with one attached hydrogen (secondary N) is 1. The van der Waals surface area contributed by atoms with E-state index in [2.05, 4.69) is 10.2 Å². The third kappa shape index (κ3) is 2.33. The number of H-pyrrole nitrogens is 1. The highest BCUT2D eigenvalue weighted by Crippen LogP contribution is 2.37. The van der Waals surface area contributed by atoms with E-state index < -0.39 is 5.92 Å². The maximum absolute atomic E-state index is 13.3. The Bertz CT molecular complexity index is 584. The number of nitrogens with two attached hydrogens (primary N) is 1. The molecule has 3 N–H and O–H groups in total. The van der Waals surface area contributed by atoms with Gasteiger partial charge in [0.15, 0.2) is 0 Å². The van der Waals surface area contributed by atoms with Gasteiger partial charge in [-0.15, -0.1) is 0 Å². The Morgan fingerprint density at radius 1 is 1.15 bits per heavy atom. The van der Waals surface area contributed by atoms with Crippen LogP contribution in [0.5, 0.6) is 0 Å². The number of alkyl halides is 2. The SMILES string of the molecule is Nc1[nH]nc(-c2ccccc2)c1N1CCC(F)(F)CC1. The number of halogens is 2. The van der Waals surface area contributed by atoms with Gasteiger partial charge in [0.2, 0.25) is 0 Å². The molecule has 4 nitrogen and oxygen atoms in total. The van der Waals surface area contributed by atoms with Gasteiger partial charge < -0.3 is 10.6 Å². The molecule has 1 aliphatic rings. The molecular weight excluding hydrogens is 262 g/mol. The predicted octanol–water partition coefficient (Wildman–Crippen LogP) is 2.89. The van der Waals surface area contributed by atoms with E-state index in [0.717, 1.165) is 11.3 Å². The molecule has 0 saturated carbocycles. The minimum absolute atomic E-state index is 0.147. The van der Waals surface area contributed by atoms with Crippen molar-refractivity contribution in [3.8, 4) is 11.3 Å². The molecule has 0 aliphatic carbocycles. The average molecular weight is 278 g/mol. The largest absolute Gasteiger partial charge is 0.382 e. The van der Waals surface area contributed by atoms with Gasteiger partial charge in [0.05, 0.1) is 0 Å². The van der Waals surface area contributed by atoms with Crippen LogP contribution in [0.1, 0.15) is 12.8 Å². The van der Waals surface area contributed by atoms with E-state index in [4.69, 9.17) is 5.73 Å². The van der Waals surface area contributed by atoms with Crippen LogP contribution in [0, 0.1) is 0 Å². The van der Waals surface area contributed by atoms with Crippen LogP contribution < -0.4 is 10.6 Å². The summed E-state index contributed by atoms with van der Waals surface area (Å²) in [6.07, 6.45) is -0.294. The number of anilines is 2. The summed E-state index contributed by atoms with van der Waals surface area (Å²) in [4.78, 5) is 1.89. The molecule has 1 aromatic carbocycles. The number of aromatic amines is 1. The summed E-state index contributed by atoms with van der Waals surface area (Å²) >= 11 is 0. The minimum atomic E-state index is -2.57. The molecule has 0 bridgehead atoms. The maximum Gasteiger partial charge on any atom is 0.251 e. The molecule has 1 saturated heterocycles. The number of rotatable bonds is 2. The zero-order valence-electron chi connectivity index (χ0n) is 10.9. The zero-order valence-corrected chi connectivity index (χ0v) is 10.9. The second kappa shape index (κ2) is 4.77. The molecule has 6 heteroatoms. The highest BCUT2D eigenvalue weighted by Gasteiger charge is 2.35. The lowest BCUT2D eigenvalue weighted by atomic mass is 10.0. The highest BCUT2D eigenvalue weighted by atomic mass is 19.3. The van der Waals surface area contributed by atoms with Gasteiger partial charge in [-0.05, 0) is 0 Å². The molecule has 0 atom stereocenters. The van der Waals surface area contributed by atoms with Crippen molar-refractivity contribution in [1.82, 2.24) is 10.2 Å². The Kier molecular flexibility index (Phi) is 3.08. The van der Waals surface area contributed by atoms with Gasteiger partial charge in [-0.1, -0.05) is 30.3 Å². The van der Waals surface area contributed by atoms with Gasteiger partial charge in [0, 0.05) is 31.5 Å². The summed E-state index contributed by atoms with van der Waals surface area (Å²) < 4.78 is 26.5. The molecule has 0 amide bonds. The minimum Gasteiger partial charge on any atom is -0.382 e. The lowest BCUT2D eigenvalue weighted by Crippen LogP contribution is -2.39. The van der Waals surface area contributed by atoms with Crippen molar-refractivity contribution in [2.24, 2.45) is 0 Å². The van der Waals surface area contributed by atoms with Gasteiger partial charge in [0.25, 0.3) is 5.92 Å². The number of benzene rings is 1. The van der Waals surface area contributed by atoms with Gasteiger partial charge in [-0.25, -0.2) is 8.78 Å². The zero-order chi connectivity index (χ0) is 14.2. The number of aromatic nitrogens is 2. The molecule has 20 heavy (non-hydrogen) atoms. The molecule has 2 heterocycles. The van der Waals surface area contributed by atoms with Crippen LogP contribution in [-0.2, 0) is 0 Å². The quantitative estimate of drug-likeness (QED) is 0.888. The first kappa shape index (κ1) is 12.9. The van der Waals surface area contributed by atoms with Gasteiger partial charge >= 0.3 is 0 Å². The van der Waals surface area contributed by atoms with Crippen LogP contribution >= 0.6 is 0 Å². The molecule has 2 aromatic rings. The van der Waals surface area contributed by atoms with Crippen LogP contribution in [0.2, 0.25) is 0 Å². The second-order valence-corrected chi connectivity index (χ2v) is 5.04. The van der Waals surface area contributed by atoms with Crippen molar-refractivity contribution in [3.63, 3.8) is 0 Å². The molecule has 1 aliphatic heterocycles. The standard InChI is InChI=1S/C14H16F2N4/c15-14(16)6-8-20(9-7-14)12-11(18-19-13(12)17)10-4-2-1-3-5-10/h1-5H,6-9H2,(H3,17,18,19). The molecule has 1 aromatic heterocycles. The Hall–Kier alpha value is -2.11. The van der Waals surface area contributed by atoms with Gasteiger partial charge in [0.1, 0.15) is 17.2 Å². The van der Waals surface area contributed by atoms with E-state index in [1.54, 1.807) is 0 Å². The van der Waals surface area contributed by atoms with Crippen molar-refractivity contribution < 1.29 is 8.78 Å². The third-order valence-corrected chi connectivity index (χ3v) is 3.63. The third-order valence-electron chi connectivity index (χ3n) is 3.63. The van der Waals surface area contributed by atoms with Crippen molar-refractivity contribution in [2.75, 3.05) is 23.7 Å². The van der Waals surface area contributed by atoms with Crippen molar-refractivity contribution in [3.05, 3.63) is 30.3 Å². The van der Waals surface area contributed by atoms with Gasteiger partial charge in [-0.3, -0.25) is 5.10 Å².